The fourth-order valence-electron chi connectivity index (χ4n) is 1.30. The van der Waals surface area contributed by atoms with Crippen LogP contribution in [0.3, 0.4) is 0 Å². The van der Waals surface area contributed by atoms with Crippen molar-refractivity contribution in [1.29, 1.82) is 0 Å². The predicted octanol–water partition coefficient (Wildman–Crippen LogP) is 3.77. The van der Waals surface area contributed by atoms with Crippen LogP contribution in [0, 0.1) is 0 Å². The SMILES string of the molecule is CCCO[Si](CC(F)(F)F)(OCCC)OCCC. The lowest BCUT2D eigenvalue weighted by molar-refractivity contribution is -0.124. The van der Waals surface area contributed by atoms with E-state index in [1.807, 2.05) is 20.8 Å². The fraction of sp³-hybridized carbons (Fsp3) is 1.00. The highest BCUT2D eigenvalue weighted by atomic mass is 28.4. The van der Waals surface area contributed by atoms with E-state index in [9.17, 15) is 13.2 Å². The molecule has 0 aromatic carbocycles. The first kappa shape index (κ1) is 17.9. The van der Waals surface area contributed by atoms with Gasteiger partial charge in [0, 0.05) is 19.8 Å². The third kappa shape index (κ3) is 8.07. The molecule has 0 heterocycles. The predicted molar refractivity (Wildman–Crippen MR) is 65.3 cm³/mol. The summed E-state index contributed by atoms with van der Waals surface area (Å²) in [4.78, 5) is 0. The van der Waals surface area contributed by atoms with E-state index in [2.05, 4.69) is 0 Å². The lowest BCUT2D eigenvalue weighted by Crippen LogP contribution is -2.49. The molecule has 110 valence electrons. The molecule has 0 aromatic heterocycles. The molecule has 3 nitrogen and oxygen atoms in total. The maximum atomic E-state index is 12.6. The summed E-state index contributed by atoms with van der Waals surface area (Å²) in [7, 11) is -3.62. The quantitative estimate of drug-likeness (QED) is 0.573. The van der Waals surface area contributed by atoms with Gasteiger partial charge in [0.15, 0.2) is 0 Å². The van der Waals surface area contributed by atoms with Crippen molar-refractivity contribution in [3.05, 3.63) is 0 Å². The molecule has 0 unspecified atom stereocenters. The number of rotatable bonds is 10. The van der Waals surface area contributed by atoms with Crippen LogP contribution in [0.2, 0.25) is 6.04 Å². The van der Waals surface area contributed by atoms with Gasteiger partial charge in [0.2, 0.25) is 0 Å². The van der Waals surface area contributed by atoms with Crippen LogP contribution < -0.4 is 0 Å². The summed E-state index contributed by atoms with van der Waals surface area (Å²) in [6.07, 6.45) is -2.42. The highest BCUT2D eigenvalue weighted by Crippen LogP contribution is 2.30. The molecule has 0 rings (SSSR count). The monoisotopic (exact) mass is 288 g/mol. The van der Waals surface area contributed by atoms with Gasteiger partial charge < -0.3 is 13.3 Å². The average Bonchev–Trinajstić information content (AvgIpc) is 2.29. The Morgan fingerprint density at radius 1 is 0.778 bits per heavy atom. The molecule has 0 fully saturated rings. The van der Waals surface area contributed by atoms with Crippen LogP contribution in [0.4, 0.5) is 13.2 Å². The minimum absolute atomic E-state index is 0.232. The molecule has 0 amide bonds. The van der Waals surface area contributed by atoms with Crippen molar-refractivity contribution in [3.63, 3.8) is 0 Å². The molecule has 7 heteroatoms. The van der Waals surface area contributed by atoms with Crippen LogP contribution in [0.1, 0.15) is 40.0 Å². The fourth-order valence-corrected chi connectivity index (χ4v) is 3.89. The number of hydrogen-bond donors (Lipinski definition) is 0. The van der Waals surface area contributed by atoms with Gasteiger partial charge in [-0.15, -0.1) is 0 Å². The van der Waals surface area contributed by atoms with Crippen molar-refractivity contribution in [3.8, 4) is 0 Å². The van der Waals surface area contributed by atoms with E-state index in [0.29, 0.717) is 19.3 Å². The molecule has 0 spiro atoms. The van der Waals surface area contributed by atoms with Crippen molar-refractivity contribution < 1.29 is 26.4 Å². The zero-order valence-electron chi connectivity index (χ0n) is 11.3. The summed E-state index contributed by atoms with van der Waals surface area (Å²) < 4.78 is 53.9. The third-order valence-corrected chi connectivity index (χ3v) is 4.76. The van der Waals surface area contributed by atoms with Crippen molar-refractivity contribution in [1.82, 2.24) is 0 Å². The van der Waals surface area contributed by atoms with Gasteiger partial charge in [-0.1, -0.05) is 20.8 Å². The lowest BCUT2D eigenvalue weighted by atomic mass is 10.5. The molecule has 0 aromatic rings. The number of hydrogen-bond acceptors (Lipinski definition) is 3. The molecule has 0 radical (unpaired) electrons. The maximum Gasteiger partial charge on any atom is 0.510 e. The molecule has 0 saturated carbocycles. The lowest BCUT2D eigenvalue weighted by Gasteiger charge is -2.30. The molecule has 18 heavy (non-hydrogen) atoms. The molecule has 0 aliphatic heterocycles. The standard InChI is InChI=1S/C11H23F3O3Si/c1-4-7-15-18(16-8-5-2,17-9-6-3)10-11(12,13)14/h4-10H2,1-3H3. The van der Waals surface area contributed by atoms with Gasteiger partial charge >= 0.3 is 15.0 Å². The second kappa shape index (κ2) is 8.90. The van der Waals surface area contributed by atoms with Gasteiger partial charge in [0.05, 0.1) is 0 Å². The normalized spacial score (nSPS) is 13.0. The Bertz CT molecular complexity index is 190. The maximum absolute atomic E-state index is 12.6. The second-order valence-electron chi connectivity index (χ2n) is 4.02. The summed E-state index contributed by atoms with van der Waals surface area (Å²) in [5.41, 5.74) is 0. The average molecular weight is 288 g/mol. The summed E-state index contributed by atoms with van der Waals surface area (Å²) >= 11 is 0. The first-order chi connectivity index (χ1) is 8.39. The Labute approximate surface area is 108 Å². The Balaban J connectivity index is 4.73. The molecule has 0 bridgehead atoms. The number of halogens is 3. The Hall–Kier alpha value is -0.113. The van der Waals surface area contributed by atoms with E-state index in [-0.39, 0.29) is 19.8 Å². The topological polar surface area (TPSA) is 27.7 Å². The minimum atomic E-state index is -4.33. The van der Waals surface area contributed by atoms with Gasteiger partial charge in [0.1, 0.15) is 6.04 Å². The zero-order valence-corrected chi connectivity index (χ0v) is 12.3. The molecule has 0 N–H and O–H groups in total. The highest BCUT2D eigenvalue weighted by molar-refractivity contribution is 6.61. The third-order valence-electron chi connectivity index (χ3n) is 2.00. The first-order valence-electron chi connectivity index (χ1n) is 6.37. The van der Waals surface area contributed by atoms with E-state index in [1.54, 1.807) is 0 Å². The van der Waals surface area contributed by atoms with Crippen LogP contribution in [-0.2, 0) is 13.3 Å². The molecule has 0 aliphatic rings. The van der Waals surface area contributed by atoms with Gasteiger partial charge in [-0.3, -0.25) is 0 Å². The summed E-state index contributed by atoms with van der Waals surface area (Å²) in [5.74, 6) is 0. The van der Waals surface area contributed by atoms with Crippen LogP contribution in [0.15, 0.2) is 0 Å². The van der Waals surface area contributed by atoms with Crippen molar-refractivity contribution in [2.75, 3.05) is 19.8 Å². The smallest absolute Gasteiger partial charge is 0.373 e. The zero-order chi connectivity index (χ0) is 14.1. The van der Waals surface area contributed by atoms with Crippen LogP contribution >= 0.6 is 0 Å². The van der Waals surface area contributed by atoms with Crippen LogP contribution in [0.25, 0.3) is 0 Å². The molecular formula is C11H23F3O3Si. The van der Waals surface area contributed by atoms with Crippen LogP contribution in [0.5, 0.6) is 0 Å². The molecular weight excluding hydrogens is 265 g/mol. The Morgan fingerprint density at radius 2 is 1.11 bits per heavy atom. The van der Waals surface area contributed by atoms with E-state index in [0.717, 1.165) is 0 Å². The molecule has 0 saturated heterocycles. The van der Waals surface area contributed by atoms with E-state index in [1.165, 1.54) is 0 Å². The first-order valence-corrected chi connectivity index (χ1v) is 8.31. The Kier molecular flexibility index (Phi) is 8.84. The van der Waals surface area contributed by atoms with Crippen molar-refractivity contribution in [2.45, 2.75) is 52.3 Å². The van der Waals surface area contributed by atoms with Crippen molar-refractivity contribution >= 4 is 8.80 Å². The number of alkyl halides is 3. The van der Waals surface area contributed by atoms with Crippen LogP contribution in [-0.4, -0.2) is 34.8 Å². The van der Waals surface area contributed by atoms with E-state index < -0.39 is 21.0 Å². The largest absolute Gasteiger partial charge is 0.510 e. The van der Waals surface area contributed by atoms with Crippen molar-refractivity contribution in [2.24, 2.45) is 0 Å². The van der Waals surface area contributed by atoms with Gasteiger partial charge in [-0.2, -0.15) is 13.2 Å². The highest BCUT2D eigenvalue weighted by Gasteiger charge is 2.51. The van der Waals surface area contributed by atoms with E-state index in [4.69, 9.17) is 13.3 Å². The van der Waals surface area contributed by atoms with Gasteiger partial charge in [0.25, 0.3) is 0 Å². The van der Waals surface area contributed by atoms with E-state index >= 15 is 0 Å². The molecule has 0 aliphatic carbocycles. The Morgan fingerprint density at radius 3 is 1.33 bits per heavy atom. The minimum Gasteiger partial charge on any atom is -0.373 e. The van der Waals surface area contributed by atoms with Gasteiger partial charge in [-0.25, -0.2) is 0 Å². The summed E-state index contributed by atoms with van der Waals surface area (Å²) in [6, 6.07) is -1.11. The summed E-state index contributed by atoms with van der Waals surface area (Å²) in [5, 5.41) is 0. The van der Waals surface area contributed by atoms with Gasteiger partial charge in [-0.05, 0) is 19.3 Å². The second-order valence-corrected chi connectivity index (χ2v) is 6.61. The summed E-state index contributed by atoms with van der Waals surface area (Å²) in [6.45, 7) is 6.21. The molecule has 0 atom stereocenters.